The van der Waals surface area contributed by atoms with Crippen LogP contribution in [-0.4, -0.2) is 25.0 Å². The van der Waals surface area contributed by atoms with Crippen LogP contribution in [0, 0.1) is 0 Å². The highest BCUT2D eigenvalue weighted by atomic mass is 15.1. The molecular weight excluding hydrogens is 102 g/mol. The fourth-order valence-corrected chi connectivity index (χ4v) is 0.721. The van der Waals surface area contributed by atoms with Crippen molar-refractivity contribution in [1.29, 1.82) is 0 Å². The molecular formula is C5H11N3. The van der Waals surface area contributed by atoms with E-state index in [1.807, 2.05) is 6.92 Å². The Labute approximate surface area is 49.0 Å². The van der Waals surface area contributed by atoms with Gasteiger partial charge < -0.3 is 11.1 Å². The van der Waals surface area contributed by atoms with Gasteiger partial charge in [-0.3, -0.25) is 4.99 Å². The summed E-state index contributed by atoms with van der Waals surface area (Å²) in [4.78, 5) is 4.12. The average molecular weight is 113 g/mol. The van der Waals surface area contributed by atoms with Crippen molar-refractivity contribution in [3.8, 4) is 0 Å². The molecule has 0 radical (unpaired) electrons. The second kappa shape index (κ2) is 2.13. The lowest BCUT2D eigenvalue weighted by Gasteiger charge is -2.03. The van der Waals surface area contributed by atoms with Crippen LogP contribution in [0.2, 0.25) is 0 Å². The van der Waals surface area contributed by atoms with Gasteiger partial charge in [-0.1, -0.05) is 0 Å². The van der Waals surface area contributed by atoms with E-state index in [9.17, 15) is 0 Å². The maximum Gasteiger partial charge on any atom is 0.113 e. The van der Waals surface area contributed by atoms with Crippen LogP contribution in [0.15, 0.2) is 4.99 Å². The van der Waals surface area contributed by atoms with Gasteiger partial charge in [-0.05, 0) is 6.92 Å². The highest BCUT2D eigenvalue weighted by Crippen LogP contribution is 1.87. The number of amidine groups is 1. The van der Waals surface area contributed by atoms with Gasteiger partial charge in [-0.25, -0.2) is 0 Å². The van der Waals surface area contributed by atoms with E-state index >= 15 is 0 Å². The topological polar surface area (TPSA) is 50.4 Å². The standard InChI is InChI=1S/C5H11N3/c1-4(6)5-7-2-3-8-5/h4H,2-3,6H2,1H3,(H,7,8). The van der Waals surface area contributed by atoms with Crippen LogP contribution in [0.5, 0.6) is 0 Å². The van der Waals surface area contributed by atoms with Gasteiger partial charge in [0.25, 0.3) is 0 Å². The Kier molecular flexibility index (Phi) is 1.48. The van der Waals surface area contributed by atoms with Crippen LogP contribution in [0.4, 0.5) is 0 Å². The van der Waals surface area contributed by atoms with Crippen LogP contribution in [0.25, 0.3) is 0 Å². The van der Waals surface area contributed by atoms with Gasteiger partial charge in [-0.2, -0.15) is 0 Å². The zero-order valence-corrected chi connectivity index (χ0v) is 5.02. The minimum absolute atomic E-state index is 0.0810. The summed E-state index contributed by atoms with van der Waals surface area (Å²) < 4.78 is 0. The van der Waals surface area contributed by atoms with E-state index in [-0.39, 0.29) is 6.04 Å². The largest absolute Gasteiger partial charge is 0.371 e. The van der Waals surface area contributed by atoms with E-state index in [2.05, 4.69) is 10.3 Å². The molecule has 1 rings (SSSR count). The first kappa shape index (κ1) is 5.56. The Morgan fingerprint density at radius 1 is 1.88 bits per heavy atom. The van der Waals surface area contributed by atoms with Crippen molar-refractivity contribution < 1.29 is 0 Å². The van der Waals surface area contributed by atoms with Crippen molar-refractivity contribution in [2.75, 3.05) is 13.1 Å². The summed E-state index contributed by atoms with van der Waals surface area (Å²) in [5.41, 5.74) is 5.50. The maximum absolute atomic E-state index is 5.50. The zero-order chi connectivity index (χ0) is 5.98. The maximum atomic E-state index is 5.50. The Hall–Kier alpha value is -0.570. The first-order chi connectivity index (χ1) is 3.80. The second-order valence-corrected chi connectivity index (χ2v) is 1.98. The van der Waals surface area contributed by atoms with E-state index < -0.39 is 0 Å². The molecule has 0 amide bonds. The molecule has 8 heavy (non-hydrogen) atoms. The molecule has 0 aromatic carbocycles. The van der Waals surface area contributed by atoms with Crippen molar-refractivity contribution in [3.63, 3.8) is 0 Å². The highest BCUT2D eigenvalue weighted by Gasteiger charge is 2.07. The fraction of sp³-hybridized carbons (Fsp3) is 0.800. The van der Waals surface area contributed by atoms with Crippen molar-refractivity contribution >= 4 is 5.84 Å². The molecule has 0 saturated heterocycles. The Balaban J connectivity index is 2.45. The molecule has 1 unspecified atom stereocenters. The summed E-state index contributed by atoms with van der Waals surface area (Å²) in [5.74, 6) is 0.949. The molecule has 1 aliphatic heterocycles. The Morgan fingerprint density at radius 2 is 2.62 bits per heavy atom. The molecule has 1 atom stereocenters. The number of hydrogen-bond donors (Lipinski definition) is 2. The molecule has 0 aromatic heterocycles. The minimum Gasteiger partial charge on any atom is -0.371 e. The third kappa shape index (κ3) is 0.980. The van der Waals surface area contributed by atoms with Gasteiger partial charge in [0, 0.05) is 6.54 Å². The Bertz CT molecular complexity index is 106. The van der Waals surface area contributed by atoms with Crippen molar-refractivity contribution in [2.24, 2.45) is 10.7 Å². The average Bonchev–Trinajstić information content (AvgIpc) is 2.12. The number of hydrogen-bond acceptors (Lipinski definition) is 3. The lowest BCUT2D eigenvalue weighted by Crippen LogP contribution is -2.35. The summed E-state index contributed by atoms with van der Waals surface area (Å²) in [6.07, 6.45) is 0. The summed E-state index contributed by atoms with van der Waals surface area (Å²) in [7, 11) is 0. The summed E-state index contributed by atoms with van der Waals surface area (Å²) in [6, 6.07) is 0.0810. The predicted molar refractivity (Wildman–Crippen MR) is 34.0 cm³/mol. The lowest BCUT2D eigenvalue weighted by molar-refractivity contribution is 0.902. The Morgan fingerprint density at radius 3 is 2.88 bits per heavy atom. The van der Waals surface area contributed by atoms with Gasteiger partial charge in [-0.15, -0.1) is 0 Å². The monoisotopic (exact) mass is 113 g/mol. The molecule has 0 aliphatic carbocycles. The number of nitrogens with one attached hydrogen (secondary N) is 1. The molecule has 3 heteroatoms. The SMILES string of the molecule is CC(N)C1=NCCN1. The quantitative estimate of drug-likeness (QED) is 0.474. The van der Waals surface area contributed by atoms with Crippen molar-refractivity contribution in [2.45, 2.75) is 13.0 Å². The number of nitrogens with zero attached hydrogens (tertiary/aromatic N) is 1. The number of rotatable bonds is 1. The molecule has 0 bridgehead atoms. The van der Waals surface area contributed by atoms with Crippen LogP contribution in [0.1, 0.15) is 6.92 Å². The molecule has 46 valence electrons. The van der Waals surface area contributed by atoms with E-state index in [0.717, 1.165) is 18.9 Å². The molecule has 1 aliphatic rings. The summed E-state index contributed by atoms with van der Waals surface area (Å²) in [6.45, 7) is 3.77. The van der Waals surface area contributed by atoms with Crippen LogP contribution in [0.3, 0.4) is 0 Å². The summed E-state index contributed by atoms with van der Waals surface area (Å²) >= 11 is 0. The van der Waals surface area contributed by atoms with Gasteiger partial charge >= 0.3 is 0 Å². The third-order valence-corrected chi connectivity index (χ3v) is 1.13. The number of nitrogens with two attached hydrogens (primary N) is 1. The molecule has 1 heterocycles. The van der Waals surface area contributed by atoms with E-state index in [0.29, 0.717) is 0 Å². The summed E-state index contributed by atoms with van der Waals surface area (Å²) in [5, 5.41) is 3.08. The second-order valence-electron chi connectivity index (χ2n) is 1.98. The van der Waals surface area contributed by atoms with Gasteiger partial charge in [0.2, 0.25) is 0 Å². The molecule has 0 fully saturated rings. The van der Waals surface area contributed by atoms with E-state index in [1.54, 1.807) is 0 Å². The van der Waals surface area contributed by atoms with Crippen LogP contribution < -0.4 is 11.1 Å². The van der Waals surface area contributed by atoms with Gasteiger partial charge in [0.05, 0.1) is 12.6 Å². The third-order valence-electron chi connectivity index (χ3n) is 1.13. The van der Waals surface area contributed by atoms with Crippen LogP contribution in [-0.2, 0) is 0 Å². The molecule has 3 nitrogen and oxygen atoms in total. The first-order valence-electron chi connectivity index (χ1n) is 2.84. The molecule has 0 aromatic rings. The normalized spacial score (nSPS) is 22.0. The molecule has 0 saturated carbocycles. The first-order valence-corrected chi connectivity index (χ1v) is 2.84. The molecule has 3 N–H and O–H groups in total. The highest BCUT2D eigenvalue weighted by molar-refractivity contribution is 5.88. The van der Waals surface area contributed by atoms with E-state index in [1.165, 1.54) is 0 Å². The van der Waals surface area contributed by atoms with E-state index in [4.69, 9.17) is 5.73 Å². The number of aliphatic imine (C=N–C) groups is 1. The van der Waals surface area contributed by atoms with Crippen LogP contribution >= 0.6 is 0 Å². The van der Waals surface area contributed by atoms with Crippen molar-refractivity contribution in [3.05, 3.63) is 0 Å². The van der Waals surface area contributed by atoms with Gasteiger partial charge in [0.1, 0.15) is 5.84 Å². The molecule has 0 spiro atoms. The van der Waals surface area contributed by atoms with Gasteiger partial charge in [0.15, 0.2) is 0 Å². The predicted octanol–water partition coefficient (Wildman–Crippen LogP) is -0.665. The smallest absolute Gasteiger partial charge is 0.113 e. The minimum atomic E-state index is 0.0810. The zero-order valence-electron chi connectivity index (χ0n) is 5.02. The lowest BCUT2D eigenvalue weighted by atomic mass is 10.3. The fourth-order valence-electron chi connectivity index (χ4n) is 0.721. The van der Waals surface area contributed by atoms with Crippen molar-refractivity contribution in [1.82, 2.24) is 5.32 Å².